The molecule has 5 rings (SSSR count). The van der Waals surface area contributed by atoms with Crippen molar-refractivity contribution in [2.75, 3.05) is 31.1 Å². The SMILES string of the molecule is CCc1cc(=[N+]2CCC(N)C2)cc2sc3cc(N4CCCC4)cc(C)c3nc1-2. The second-order valence-corrected chi connectivity index (χ2v) is 9.40. The van der Waals surface area contributed by atoms with E-state index in [0.717, 1.165) is 31.4 Å². The molecule has 2 N–H and O–H groups in total. The molecule has 5 heteroatoms. The number of aryl methyl sites for hydroxylation is 2. The molecule has 1 aliphatic carbocycles. The fraction of sp³-hybridized carbons (Fsp3) is 0.478. The minimum Gasteiger partial charge on any atom is -0.371 e. The number of hydrogen-bond acceptors (Lipinski definition) is 4. The van der Waals surface area contributed by atoms with Gasteiger partial charge in [-0.15, -0.1) is 11.3 Å². The minimum absolute atomic E-state index is 0.296. The summed E-state index contributed by atoms with van der Waals surface area (Å²) in [6, 6.07) is 9.64. The quantitative estimate of drug-likeness (QED) is 0.536. The molecule has 0 saturated carbocycles. The van der Waals surface area contributed by atoms with Gasteiger partial charge < -0.3 is 10.6 Å². The van der Waals surface area contributed by atoms with Gasteiger partial charge in [-0.2, -0.15) is 0 Å². The summed E-state index contributed by atoms with van der Waals surface area (Å²) in [5, 5.41) is 1.31. The summed E-state index contributed by atoms with van der Waals surface area (Å²) in [5.41, 5.74) is 12.5. The number of anilines is 1. The van der Waals surface area contributed by atoms with Crippen LogP contribution in [-0.2, 0) is 6.42 Å². The van der Waals surface area contributed by atoms with Crippen molar-refractivity contribution >= 4 is 27.2 Å². The Bertz CT molecular complexity index is 1080. The summed E-state index contributed by atoms with van der Waals surface area (Å²) < 4.78 is 3.73. The monoisotopic (exact) mass is 393 g/mol. The molecule has 2 saturated heterocycles. The first-order valence-electron chi connectivity index (χ1n) is 10.6. The third-order valence-corrected chi connectivity index (χ3v) is 7.34. The predicted molar refractivity (Wildman–Crippen MR) is 119 cm³/mol. The molecule has 3 aliphatic heterocycles. The van der Waals surface area contributed by atoms with Gasteiger partial charge in [-0.3, -0.25) is 0 Å². The third kappa shape index (κ3) is 3.11. The maximum absolute atomic E-state index is 6.16. The first kappa shape index (κ1) is 18.1. The summed E-state index contributed by atoms with van der Waals surface area (Å²) in [5.74, 6) is 0. The molecular formula is C23H29N4S+. The largest absolute Gasteiger partial charge is 0.371 e. The number of benzene rings is 2. The molecule has 0 bridgehead atoms. The van der Waals surface area contributed by atoms with Crippen LogP contribution in [0.1, 0.15) is 37.3 Å². The van der Waals surface area contributed by atoms with Gasteiger partial charge in [-0.1, -0.05) is 6.92 Å². The standard InChI is InChI=1S/C23H29N4S/c1-3-16-11-19(27-9-6-17(24)14-27)13-21-23(16)25-22-15(2)10-18(12-20(22)28-21)26-7-4-5-8-26/h10-13,17H,3-9,14,24H2,1-2H3/q+1. The average molecular weight is 394 g/mol. The second-order valence-electron chi connectivity index (χ2n) is 8.32. The number of rotatable bonds is 2. The van der Waals surface area contributed by atoms with E-state index >= 15 is 0 Å². The Morgan fingerprint density at radius 3 is 2.75 bits per heavy atom. The van der Waals surface area contributed by atoms with Gasteiger partial charge in [0.05, 0.1) is 26.8 Å². The lowest BCUT2D eigenvalue weighted by Crippen LogP contribution is -2.31. The predicted octanol–water partition coefficient (Wildman–Crippen LogP) is 3.38. The van der Waals surface area contributed by atoms with Crippen molar-refractivity contribution in [3.05, 3.63) is 40.7 Å². The van der Waals surface area contributed by atoms with Crippen molar-refractivity contribution in [3.8, 4) is 10.6 Å². The number of fused-ring (bicyclic) bond motifs is 2. The van der Waals surface area contributed by atoms with Crippen molar-refractivity contribution in [2.24, 2.45) is 5.73 Å². The molecule has 1 unspecified atom stereocenters. The second kappa shape index (κ2) is 7.12. The highest BCUT2D eigenvalue weighted by Crippen LogP contribution is 2.36. The van der Waals surface area contributed by atoms with Crippen LogP contribution in [0.25, 0.3) is 20.8 Å². The van der Waals surface area contributed by atoms with Crippen molar-refractivity contribution in [3.63, 3.8) is 0 Å². The van der Waals surface area contributed by atoms with Gasteiger partial charge in [0.1, 0.15) is 6.54 Å². The van der Waals surface area contributed by atoms with Crippen molar-refractivity contribution in [1.29, 1.82) is 0 Å². The first-order valence-corrected chi connectivity index (χ1v) is 11.4. The maximum Gasteiger partial charge on any atom is 0.201 e. The summed E-state index contributed by atoms with van der Waals surface area (Å²) in [4.78, 5) is 8.96. The van der Waals surface area contributed by atoms with Gasteiger partial charge in [-0.25, -0.2) is 9.56 Å². The number of nitrogens with two attached hydrogens (primary N) is 1. The summed E-state index contributed by atoms with van der Waals surface area (Å²) in [7, 11) is 0. The summed E-state index contributed by atoms with van der Waals surface area (Å²) in [6.45, 7) is 8.80. The van der Waals surface area contributed by atoms with Crippen LogP contribution in [0.3, 0.4) is 0 Å². The fourth-order valence-electron chi connectivity index (χ4n) is 4.67. The van der Waals surface area contributed by atoms with E-state index in [1.807, 2.05) is 11.3 Å². The van der Waals surface area contributed by atoms with Crippen LogP contribution in [0.15, 0.2) is 24.3 Å². The van der Waals surface area contributed by atoms with Crippen LogP contribution in [0.2, 0.25) is 0 Å². The van der Waals surface area contributed by atoms with Crippen LogP contribution in [0, 0.1) is 6.92 Å². The highest BCUT2D eigenvalue weighted by Gasteiger charge is 2.24. The Hall–Kier alpha value is -1.98. The molecule has 28 heavy (non-hydrogen) atoms. The van der Waals surface area contributed by atoms with Gasteiger partial charge in [0, 0.05) is 37.3 Å². The Labute approximate surface area is 170 Å². The number of hydrogen-bond donors (Lipinski definition) is 1. The minimum atomic E-state index is 0.296. The molecule has 4 nitrogen and oxygen atoms in total. The lowest BCUT2D eigenvalue weighted by Gasteiger charge is -2.19. The molecule has 146 valence electrons. The maximum atomic E-state index is 6.16. The van der Waals surface area contributed by atoms with Gasteiger partial charge in [0.25, 0.3) is 0 Å². The Balaban J connectivity index is 1.73. The highest BCUT2D eigenvalue weighted by molar-refractivity contribution is 7.21. The molecular weight excluding hydrogens is 364 g/mol. The number of aromatic nitrogens is 1. The molecule has 0 radical (unpaired) electrons. The van der Waals surface area contributed by atoms with Gasteiger partial charge in [-0.05, 0) is 49.4 Å². The van der Waals surface area contributed by atoms with E-state index in [4.69, 9.17) is 10.7 Å². The molecule has 0 aromatic heterocycles. The fourth-order valence-corrected chi connectivity index (χ4v) is 5.84. The Morgan fingerprint density at radius 2 is 2.04 bits per heavy atom. The van der Waals surface area contributed by atoms with Gasteiger partial charge >= 0.3 is 0 Å². The summed E-state index contributed by atoms with van der Waals surface area (Å²) in [6.07, 6.45) is 4.69. The molecule has 0 spiro atoms. The average Bonchev–Trinajstić information content (AvgIpc) is 3.37. The highest BCUT2D eigenvalue weighted by atomic mass is 32.1. The van der Waals surface area contributed by atoms with E-state index in [9.17, 15) is 0 Å². The van der Waals surface area contributed by atoms with Crippen molar-refractivity contribution in [1.82, 2.24) is 9.56 Å². The number of nitrogens with zero attached hydrogens (tertiary/aromatic N) is 3. The molecule has 1 aromatic rings. The molecule has 2 fully saturated rings. The van der Waals surface area contributed by atoms with Crippen LogP contribution >= 0.6 is 11.3 Å². The lowest BCUT2D eigenvalue weighted by molar-refractivity contribution is 0.669. The van der Waals surface area contributed by atoms with Crippen molar-refractivity contribution in [2.45, 2.75) is 45.6 Å². The third-order valence-electron chi connectivity index (χ3n) is 6.27. The van der Waals surface area contributed by atoms with E-state index in [-0.39, 0.29) is 0 Å². The molecule has 1 aromatic carbocycles. The Kier molecular flexibility index (Phi) is 4.60. The van der Waals surface area contributed by atoms with Gasteiger partial charge in [0.15, 0.2) is 6.54 Å². The van der Waals surface area contributed by atoms with E-state index in [2.05, 4.69) is 47.6 Å². The smallest absolute Gasteiger partial charge is 0.201 e. The van der Waals surface area contributed by atoms with Crippen LogP contribution < -0.4 is 20.6 Å². The van der Waals surface area contributed by atoms with Crippen LogP contribution in [0.5, 0.6) is 0 Å². The molecule has 0 amide bonds. The first-order chi connectivity index (χ1) is 13.6. The summed E-state index contributed by atoms with van der Waals surface area (Å²) >= 11 is 1.89. The topological polar surface area (TPSA) is 45.2 Å². The molecule has 1 atom stereocenters. The van der Waals surface area contributed by atoms with Crippen molar-refractivity contribution < 1.29 is 0 Å². The zero-order chi connectivity index (χ0) is 19.3. The lowest BCUT2D eigenvalue weighted by atomic mass is 10.1. The molecule has 3 heterocycles. The molecule has 4 aliphatic rings. The van der Waals surface area contributed by atoms with Crippen LogP contribution in [-0.4, -0.2) is 37.2 Å². The van der Waals surface area contributed by atoms with Crippen LogP contribution in [0.4, 0.5) is 5.69 Å². The zero-order valence-corrected chi connectivity index (χ0v) is 17.7. The Morgan fingerprint density at radius 1 is 1.21 bits per heavy atom. The zero-order valence-electron chi connectivity index (χ0n) is 16.9. The van der Waals surface area contributed by atoms with E-state index < -0.39 is 0 Å². The normalized spacial score (nSPS) is 22.0. The van der Waals surface area contributed by atoms with E-state index in [0.29, 0.717) is 6.04 Å². The van der Waals surface area contributed by atoms with E-state index in [1.165, 1.54) is 63.4 Å². The van der Waals surface area contributed by atoms with E-state index in [1.54, 1.807) is 0 Å². The van der Waals surface area contributed by atoms with Gasteiger partial charge in [0.2, 0.25) is 5.36 Å².